The fraction of sp³-hybridized carbons (Fsp3) is 0.333. The van der Waals surface area contributed by atoms with Crippen LogP contribution in [0.2, 0.25) is 0 Å². The summed E-state index contributed by atoms with van der Waals surface area (Å²) in [6.07, 6.45) is -5.94. The molecule has 0 saturated heterocycles. The van der Waals surface area contributed by atoms with Crippen LogP contribution in [0.5, 0.6) is 0 Å². The molecule has 1 atom stereocenters. The van der Waals surface area contributed by atoms with Crippen molar-refractivity contribution in [2.24, 2.45) is 5.73 Å². The van der Waals surface area contributed by atoms with Gasteiger partial charge in [-0.25, -0.2) is 4.39 Å². The Labute approximate surface area is 93.2 Å². The van der Waals surface area contributed by atoms with Crippen LogP contribution in [0.4, 0.5) is 23.2 Å². The molecule has 0 spiro atoms. The Morgan fingerprint density at radius 3 is 2.47 bits per heavy atom. The Kier molecular flexibility index (Phi) is 3.66. The van der Waals surface area contributed by atoms with Gasteiger partial charge < -0.3 is 5.73 Å². The third-order valence-corrected chi connectivity index (χ3v) is 2.04. The first-order chi connectivity index (χ1) is 7.70. The number of nitrogens with two attached hydrogens (primary N) is 1. The zero-order chi connectivity index (χ0) is 13.2. The van der Waals surface area contributed by atoms with Crippen LogP contribution in [0.15, 0.2) is 18.2 Å². The van der Waals surface area contributed by atoms with Crippen molar-refractivity contribution in [3.05, 3.63) is 39.7 Å². The molecule has 0 heterocycles. The van der Waals surface area contributed by atoms with Gasteiger partial charge in [-0.2, -0.15) is 13.2 Å². The minimum atomic E-state index is -4.54. The predicted octanol–water partition coefficient (Wildman–Crippen LogP) is 2.69. The SMILES string of the molecule is N[C@@H](CC(F)(F)F)c1ccc(F)cc1[N+](=O)[O-]. The standard InChI is InChI=1S/C9H8F4N2O2/c10-5-1-2-6(8(3-5)15(16)17)7(14)4-9(11,12)13/h1-3,7H,4,14H2/t7-/m0/s1. The number of nitro groups is 1. The number of rotatable bonds is 3. The average molecular weight is 252 g/mol. The van der Waals surface area contributed by atoms with E-state index in [-0.39, 0.29) is 5.56 Å². The second-order valence-electron chi connectivity index (χ2n) is 3.39. The smallest absolute Gasteiger partial charge is 0.323 e. The highest BCUT2D eigenvalue weighted by atomic mass is 19.4. The topological polar surface area (TPSA) is 69.2 Å². The maximum Gasteiger partial charge on any atom is 0.390 e. The zero-order valence-electron chi connectivity index (χ0n) is 8.37. The number of alkyl halides is 3. The maximum absolute atomic E-state index is 12.7. The minimum Gasteiger partial charge on any atom is -0.323 e. The highest BCUT2D eigenvalue weighted by molar-refractivity contribution is 5.42. The van der Waals surface area contributed by atoms with Crippen LogP contribution >= 0.6 is 0 Å². The highest BCUT2D eigenvalue weighted by Crippen LogP contribution is 2.32. The molecule has 1 rings (SSSR count). The fourth-order valence-electron chi connectivity index (χ4n) is 1.35. The first-order valence-electron chi connectivity index (χ1n) is 4.47. The summed E-state index contributed by atoms with van der Waals surface area (Å²) in [5, 5.41) is 10.5. The van der Waals surface area contributed by atoms with Crippen LogP contribution in [0.3, 0.4) is 0 Å². The molecule has 2 N–H and O–H groups in total. The molecule has 8 heteroatoms. The van der Waals surface area contributed by atoms with Gasteiger partial charge in [0.1, 0.15) is 5.82 Å². The molecule has 1 aromatic rings. The van der Waals surface area contributed by atoms with Gasteiger partial charge in [0.25, 0.3) is 5.69 Å². The predicted molar refractivity (Wildman–Crippen MR) is 50.7 cm³/mol. The van der Waals surface area contributed by atoms with Crippen molar-refractivity contribution < 1.29 is 22.5 Å². The van der Waals surface area contributed by atoms with E-state index in [0.717, 1.165) is 12.1 Å². The van der Waals surface area contributed by atoms with E-state index in [2.05, 4.69) is 0 Å². The van der Waals surface area contributed by atoms with Gasteiger partial charge >= 0.3 is 6.18 Å². The molecule has 94 valence electrons. The molecule has 0 aliphatic heterocycles. The largest absolute Gasteiger partial charge is 0.390 e. The summed E-state index contributed by atoms with van der Waals surface area (Å²) in [4.78, 5) is 9.58. The van der Waals surface area contributed by atoms with Crippen molar-refractivity contribution in [2.75, 3.05) is 0 Å². The van der Waals surface area contributed by atoms with Crippen LogP contribution in [-0.2, 0) is 0 Å². The van der Waals surface area contributed by atoms with E-state index < -0.39 is 35.1 Å². The number of halogens is 4. The van der Waals surface area contributed by atoms with Crippen molar-refractivity contribution in [3.63, 3.8) is 0 Å². The number of benzene rings is 1. The summed E-state index contributed by atoms with van der Waals surface area (Å²) in [6.45, 7) is 0. The minimum absolute atomic E-state index is 0.339. The van der Waals surface area contributed by atoms with Gasteiger partial charge in [-0.15, -0.1) is 0 Å². The van der Waals surface area contributed by atoms with Gasteiger partial charge in [0.15, 0.2) is 0 Å². The van der Waals surface area contributed by atoms with Gasteiger partial charge in [0.2, 0.25) is 0 Å². The Balaban J connectivity index is 3.09. The zero-order valence-corrected chi connectivity index (χ0v) is 8.37. The second kappa shape index (κ2) is 4.66. The Hall–Kier alpha value is -1.70. The third-order valence-electron chi connectivity index (χ3n) is 2.04. The number of hydrogen-bond acceptors (Lipinski definition) is 3. The van der Waals surface area contributed by atoms with Gasteiger partial charge in [0.05, 0.1) is 17.4 Å². The lowest BCUT2D eigenvalue weighted by Gasteiger charge is -2.14. The van der Waals surface area contributed by atoms with Crippen LogP contribution in [-0.4, -0.2) is 11.1 Å². The molecular weight excluding hydrogens is 244 g/mol. The van der Waals surface area contributed by atoms with Gasteiger partial charge in [0, 0.05) is 11.6 Å². The molecule has 0 aliphatic rings. The Morgan fingerprint density at radius 1 is 1.41 bits per heavy atom. The molecule has 0 aromatic heterocycles. The van der Waals surface area contributed by atoms with Gasteiger partial charge in [-0.05, 0) is 12.1 Å². The number of nitro benzene ring substituents is 1. The van der Waals surface area contributed by atoms with Crippen molar-refractivity contribution in [3.8, 4) is 0 Å². The van der Waals surface area contributed by atoms with Gasteiger partial charge in [-0.3, -0.25) is 10.1 Å². The molecule has 0 bridgehead atoms. The monoisotopic (exact) mass is 252 g/mol. The summed E-state index contributed by atoms with van der Waals surface area (Å²) in [6, 6.07) is 0.685. The normalized spacial score (nSPS) is 13.5. The summed E-state index contributed by atoms with van der Waals surface area (Å²) < 4.78 is 49.0. The molecule has 17 heavy (non-hydrogen) atoms. The van der Waals surface area contributed by atoms with Crippen molar-refractivity contribution >= 4 is 5.69 Å². The lowest BCUT2D eigenvalue weighted by molar-refractivity contribution is -0.386. The van der Waals surface area contributed by atoms with Crippen LogP contribution in [0.25, 0.3) is 0 Å². The van der Waals surface area contributed by atoms with E-state index in [4.69, 9.17) is 5.73 Å². The molecule has 0 amide bonds. The van der Waals surface area contributed by atoms with E-state index in [1.165, 1.54) is 0 Å². The van der Waals surface area contributed by atoms with Crippen molar-refractivity contribution in [1.29, 1.82) is 0 Å². The van der Waals surface area contributed by atoms with Crippen LogP contribution in [0, 0.1) is 15.9 Å². The van der Waals surface area contributed by atoms with E-state index in [1.54, 1.807) is 0 Å². The lowest BCUT2D eigenvalue weighted by Crippen LogP contribution is -2.21. The molecule has 1 aromatic carbocycles. The second-order valence-corrected chi connectivity index (χ2v) is 3.39. The van der Waals surface area contributed by atoms with Gasteiger partial charge in [-0.1, -0.05) is 0 Å². The van der Waals surface area contributed by atoms with E-state index in [9.17, 15) is 27.7 Å². The van der Waals surface area contributed by atoms with E-state index in [1.807, 2.05) is 0 Å². The molecule has 0 aliphatic carbocycles. The molecule has 0 fully saturated rings. The molecule has 4 nitrogen and oxygen atoms in total. The first-order valence-corrected chi connectivity index (χ1v) is 4.47. The molecule has 0 radical (unpaired) electrons. The lowest BCUT2D eigenvalue weighted by atomic mass is 10.0. The summed E-state index contributed by atoms with van der Waals surface area (Å²) in [5.74, 6) is -0.903. The summed E-state index contributed by atoms with van der Waals surface area (Å²) >= 11 is 0. The summed E-state index contributed by atoms with van der Waals surface area (Å²) in [5.41, 5.74) is 4.14. The summed E-state index contributed by atoms with van der Waals surface area (Å²) in [7, 11) is 0. The van der Waals surface area contributed by atoms with Crippen molar-refractivity contribution in [1.82, 2.24) is 0 Å². The average Bonchev–Trinajstić information content (AvgIpc) is 2.14. The highest BCUT2D eigenvalue weighted by Gasteiger charge is 2.33. The third kappa shape index (κ3) is 3.66. The Morgan fingerprint density at radius 2 is 2.00 bits per heavy atom. The quantitative estimate of drug-likeness (QED) is 0.510. The maximum atomic E-state index is 12.7. The number of hydrogen-bond donors (Lipinski definition) is 1. The molecule has 0 saturated carbocycles. The van der Waals surface area contributed by atoms with E-state index in [0.29, 0.717) is 6.07 Å². The first kappa shape index (κ1) is 13.4. The van der Waals surface area contributed by atoms with Crippen molar-refractivity contribution in [2.45, 2.75) is 18.6 Å². The fourth-order valence-corrected chi connectivity index (χ4v) is 1.35. The molecular formula is C9H8F4N2O2. The number of nitrogens with zero attached hydrogens (tertiary/aromatic N) is 1. The van der Waals surface area contributed by atoms with E-state index >= 15 is 0 Å². The molecule has 0 unspecified atom stereocenters. The Bertz CT molecular complexity index is 433. The van der Waals surface area contributed by atoms with Crippen LogP contribution in [0.1, 0.15) is 18.0 Å². The van der Waals surface area contributed by atoms with Crippen LogP contribution < -0.4 is 5.73 Å².